The quantitative estimate of drug-likeness (QED) is 0.685. The van der Waals surface area contributed by atoms with E-state index in [0.29, 0.717) is 12.3 Å². The van der Waals surface area contributed by atoms with E-state index in [-0.39, 0.29) is 11.7 Å². The van der Waals surface area contributed by atoms with Crippen LogP contribution in [0.15, 0.2) is 22.8 Å². The van der Waals surface area contributed by atoms with Gasteiger partial charge in [0.15, 0.2) is 0 Å². The van der Waals surface area contributed by atoms with Crippen molar-refractivity contribution in [3.63, 3.8) is 0 Å². The van der Waals surface area contributed by atoms with E-state index < -0.39 is 16.8 Å². The molecule has 7 heteroatoms. The summed E-state index contributed by atoms with van der Waals surface area (Å²) in [6, 6.07) is 2.48. The zero-order chi connectivity index (χ0) is 14.5. The molecule has 1 rings (SSSR count). The van der Waals surface area contributed by atoms with Crippen molar-refractivity contribution >= 4 is 23.6 Å². The summed E-state index contributed by atoms with van der Waals surface area (Å²) < 4.78 is 4.37. The highest BCUT2D eigenvalue weighted by atomic mass is 32.2. The van der Waals surface area contributed by atoms with Gasteiger partial charge in [-0.15, -0.1) is 11.8 Å². The molecule has 1 amide bonds. The smallest absolute Gasteiger partial charge is 0.321 e. The number of carbonyl (C=O) groups is 2. The Bertz CT molecular complexity index is 431. The topological polar surface area (TPSA) is 106 Å². The molecular formula is C12H18N2O4S. The fourth-order valence-corrected chi connectivity index (χ4v) is 2.17. The first-order chi connectivity index (χ1) is 8.83. The van der Waals surface area contributed by atoms with Crippen LogP contribution in [0.25, 0.3) is 0 Å². The number of carboxylic acid groups (broad SMARTS) is 1. The molecule has 6 nitrogen and oxygen atoms in total. The summed E-state index contributed by atoms with van der Waals surface area (Å²) in [5, 5.41) is 11.5. The van der Waals surface area contributed by atoms with Gasteiger partial charge >= 0.3 is 5.97 Å². The van der Waals surface area contributed by atoms with E-state index in [9.17, 15) is 9.59 Å². The Labute approximate surface area is 115 Å². The lowest BCUT2D eigenvalue weighted by Gasteiger charge is -2.27. The first-order valence-corrected chi connectivity index (χ1v) is 6.73. The molecule has 1 atom stereocenters. The molecule has 19 heavy (non-hydrogen) atoms. The zero-order valence-corrected chi connectivity index (χ0v) is 11.7. The molecule has 0 spiro atoms. The highest BCUT2D eigenvalue weighted by molar-refractivity contribution is 8.01. The minimum atomic E-state index is -1.08. The van der Waals surface area contributed by atoms with Gasteiger partial charge in [0.05, 0.1) is 18.6 Å². The first kappa shape index (κ1) is 15.6. The summed E-state index contributed by atoms with van der Waals surface area (Å²) >= 11 is 1.21. The van der Waals surface area contributed by atoms with Crippen molar-refractivity contribution in [1.82, 2.24) is 5.32 Å². The van der Waals surface area contributed by atoms with Crippen LogP contribution in [0.4, 0.5) is 0 Å². The third-order valence-electron chi connectivity index (χ3n) is 2.63. The van der Waals surface area contributed by atoms with Crippen LogP contribution in [0.2, 0.25) is 0 Å². The summed E-state index contributed by atoms with van der Waals surface area (Å²) in [4.78, 5) is 22.4. The number of hydrogen-bond donors (Lipinski definition) is 3. The summed E-state index contributed by atoms with van der Waals surface area (Å²) in [5.74, 6) is -0.449. The largest absolute Gasteiger partial charge is 0.480 e. The summed E-state index contributed by atoms with van der Waals surface area (Å²) in [7, 11) is 0. The van der Waals surface area contributed by atoms with Crippen LogP contribution < -0.4 is 11.1 Å². The van der Waals surface area contributed by atoms with Gasteiger partial charge in [0.25, 0.3) is 0 Å². The fraction of sp³-hybridized carbons (Fsp3) is 0.500. The summed E-state index contributed by atoms with van der Waals surface area (Å²) in [6.45, 7) is 3.73. The van der Waals surface area contributed by atoms with Crippen LogP contribution in [0.3, 0.4) is 0 Å². The van der Waals surface area contributed by atoms with Crippen LogP contribution in [0.1, 0.15) is 19.6 Å². The molecule has 1 aromatic heterocycles. The predicted molar refractivity (Wildman–Crippen MR) is 72.7 cm³/mol. The fourth-order valence-electron chi connectivity index (χ4n) is 1.29. The molecular weight excluding hydrogens is 268 g/mol. The Morgan fingerprint density at radius 1 is 1.58 bits per heavy atom. The number of nitrogens with two attached hydrogens (primary N) is 1. The van der Waals surface area contributed by atoms with Crippen molar-refractivity contribution in [3.05, 3.63) is 24.2 Å². The van der Waals surface area contributed by atoms with Gasteiger partial charge in [0.2, 0.25) is 5.91 Å². The minimum absolute atomic E-state index is 0.148. The van der Waals surface area contributed by atoms with E-state index in [0.717, 1.165) is 0 Å². The molecule has 0 aliphatic rings. The molecule has 0 aromatic carbocycles. The van der Waals surface area contributed by atoms with Gasteiger partial charge in [-0.1, -0.05) is 0 Å². The average molecular weight is 286 g/mol. The number of rotatable bonds is 7. The molecule has 0 aliphatic carbocycles. The molecule has 4 N–H and O–H groups in total. The number of amides is 1. The number of hydrogen-bond acceptors (Lipinski definition) is 5. The van der Waals surface area contributed by atoms with Gasteiger partial charge < -0.3 is 20.6 Å². The normalized spacial score (nSPS) is 13.0. The average Bonchev–Trinajstić information content (AvgIpc) is 2.86. The van der Waals surface area contributed by atoms with E-state index in [1.165, 1.54) is 18.0 Å². The third-order valence-corrected chi connectivity index (χ3v) is 4.03. The summed E-state index contributed by atoms with van der Waals surface area (Å²) in [6.07, 6.45) is 1.53. The number of furan rings is 1. The van der Waals surface area contributed by atoms with Crippen molar-refractivity contribution in [1.29, 1.82) is 0 Å². The zero-order valence-electron chi connectivity index (χ0n) is 10.9. The van der Waals surface area contributed by atoms with E-state index in [1.54, 1.807) is 26.0 Å². The van der Waals surface area contributed by atoms with E-state index >= 15 is 0 Å². The van der Waals surface area contributed by atoms with Gasteiger partial charge in [-0.2, -0.15) is 0 Å². The molecule has 0 aliphatic heterocycles. The maximum Gasteiger partial charge on any atom is 0.321 e. The standard InChI is InChI=1S/C12H18N2O4S/c1-12(2,10(13)11(16)17)19-7-9(15)14-6-8-4-3-5-18-8/h3-5,10H,6-7,13H2,1-2H3,(H,14,15)(H,16,17)/t10-/m0/s1. The molecule has 0 radical (unpaired) electrons. The van der Waals surface area contributed by atoms with Gasteiger partial charge in [-0.3, -0.25) is 9.59 Å². The Hall–Kier alpha value is -1.47. The number of carbonyl (C=O) groups excluding carboxylic acids is 1. The Morgan fingerprint density at radius 2 is 2.26 bits per heavy atom. The van der Waals surface area contributed by atoms with Gasteiger partial charge in [0, 0.05) is 4.75 Å². The van der Waals surface area contributed by atoms with Crippen LogP contribution in [-0.2, 0) is 16.1 Å². The van der Waals surface area contributed by atoms with Crippen molar-refractivity contribution in [2.24, 2.45) is 5.73 Å². The van der Waals surface area contributed by atoms with Gasteiger partial charge in [0.1, 0.15) is 11.8 Å². The third kappa shape index (κ3) is 4.96. The molecule has 0 bridgehead atoms. The molecule has 1 aromatic rings. The Kier molecular flexibility index (Phi) is 5.44. The van der Waals surface area contributed by atoms with Gasteiger partial charge in [-0.05, 0) is 26.0 Å². The molecule has 0 saturated heterocycles. The molecule has 0 unspecified atom stereocenters. The second-order valence-electron chi connectivity index (χ2n) is 4.56. The SMILES string of the molecule is CC(C)(SCC(=O)NCc1ccco1)[C@@H](N)C(=O)O. The monoisotopic (exact) mass is 286 g/mol. The van der Waals surface area contributed by atoms with Crippen LogP contribution in [0, 0.1) is 0 Å². The lowest BCUT2D eigenvalue weighted by molar-refractivity contribution is -0.139. The number of carboxylic acids is 1. The van der Waals surface area contributed by atoms with E-state index in [1.807, 2.05) is 0 Å². The summed E-state index contributed by atoms with van der Waals surface area (Å²) in [5.41, 5.74) is 5.56. The maximum atomic E-state index is 11.6. The number of nitrogens with one attached hydrogen (secondary N) is 1. The first-order valence-electron chi connectivity index (χ1n) is 5.74. The maximum absolute atomic E-state index is 11.6. The van der Waals surface area contributed by atoms with Crippen molar-refractivity contribution in [2.75, 3.05) is 5.75 Å². The molecule has 0 fully saturated rings. The van der Waals surface area contributed by atoms with Crippen molar-refractivity contribution in [3.8, 4) is 0 Å². The highest BCUT2D eigenvalue weighted by Gasteiger charge is 2.33. The molecule has 106 valence electrons. The minimum Gasteiger partial charge on any atom is -0.480 e. The van der Waals surface area contributed by atoms with Crippen LogP contribution in [-0.4, -0.2) is 33.5 Å². The number of aliphatic carboxylic acids is 1. The highest BCUT2D eigenvalue weighted by Crippen LogP contribution is 2.27. The van der Waals surface area contributed by atoms with Gasteiger partial charge in [-0.25, -0.2) is 0 Å². The Balaban J connectivity index is 2.35. The van der Waals surface area contributed by atoms with Crippen LogP contribution >= 0.6 is 11.8 Å². The number of thioether (sulfide) groups is 1. The molecule has 0 saturated carbocycles. The Morgan fingerprint density at radius 3 is 2.79 bits per heavy atom. The van der Waals surface area contributed by atoms with E-state index in [4.69, 9.17) is 15.3 Å². The predicted octanol–water partition coefficient (Wildman–Crippen LogP) is 0.819. The lowest BCUT2D eigenvalue weighted by Crippen LogP contribution is -2.47. The van der Waals surface area contributed by atoms with Crippen LogP contribution in [0.5, 0.6) is 0 Å². The molecule has 1 heterocycles. The van der Waals surface area contributed by atoms with Crippen molar-refractivity contribution in [2.45, 2.75) is 31.2 Å². The van der Waals surface area contributed by atoms with E-state index in [2.05, 4.69) is 5.32 Å². The van der Waals surface area contributed by atoms with Crippen molar-refractivity contribution < 1.29 is 19.1 Å². The second-order valence-corrected chi connectivity index (χ2v) is 6.19. The second kappa shape index (κ2) is 6.63. The lowest BCUT2D eigenvalue weighted by atomic mass is 10.1.